The van der Waals surface area contributed by atoms with Gasteiger partial charge in [0.15, 0.2) is 0 Å². The Morgan fingerprint density at radius 3 is 1.16 bits per heavy atom. The Morgan fingerprint density at radius 2 is 0.806 bits per heavy atom. The van der Waals surface area contributed by atoms with Crippen molar-refractivity contribution in [1.82, 2.24) is 0 Å². The van der Waals surface area contributed by atoms with Gasteiger partial charge in [-0.15, -0.1) is 11.5 Å². The summed E-state index contributed by atoms with van der Waals surface area (Å²) < 4.78 is 0. The van der Waals surface area contributed by atoms with Crippen molar-refractivity contribution in [2.24, 2.45) is 0 Å². The summed E-state index contributed by atoms with van der Waals surface area (Å²) in [6, 6.07) is 14.8. The molecule has 0 saturated carbocycles. The van der Waals surface area contributed by atoms with E-state index in [9.17, 15) is 10.2 Å². The molecule has 0 fully saturated rings. The fraction of sp³-hybridized carbons (Fsp3) is 0.571. The molecule has 2 rings (SSSR count). The second-order valence-electron chi connectivity index (χ2n) is 8.25. The van der Waals surface area contributed by atoms with Crippen LogP contribution in [0, 0.1) is 0 Å². The zero-order valence-corrected chi connectivity index (χ0v) is 23.7. The number of benzene rings is 2. The van der Waals surface area contributed by atoms with Gasteiger partial charge in [-0.05, 0) is 25.7 Å². The maximum atomic E-state index is 11.4. The first-order valence-corrected chi connectivity index (χ1v) is 12.2. The molecule has 31 heavy (non-hydrogen) atoms. The molecule has 2 aromatic carbocycles. The Balaban J connectivity index is 0.000000562. The molecule has 2 nitrogen and oxygen atoms in total. The minimum atomic E-state index is 0. The molecule has 0 aliphatic carbocycles. The summed E-state index contributed by atoms with van der Waals surface area (Å²) in [6.45, 7) is 4.46. The zero-order chi connectivity index (χ0) is 21.9. The average molecular weight is 618 g/mol. The van der Waals surface area contributed by atoms with E-state index in [4.69, 9.17) is 0 Å². The molecule has 0 bridgehead atoms. The van der Waals surface area contributed by atoms with E-state index in [1.807, 2.05) is 36.4 Å². The van der Waals surface area contributed by atoms with Crippen molar-refractivity contribution in [3.63, 3.8) is 0 Å². The molecule has 0 spiro atoms. The van der Waals surface area contributed by atoms with E-state index in [1.165, 1.54) is 64.2 Å². The van der Waals surface area contributed by atoms with Gasteiger partial charge in [0.05, 0.1) is 0 Å². The van der Waals surface area contributed by atoms with Crippen LogP contribution in [0.15, 0.2) is 48.5 Å². The van der Waals surface area contributed by atoms with E-state index in [0.717, 1.165) is 36.8 Å². The zero-order valence-electron chi connectivity index (χ0n) is 19.8. The molecule has 0 amide bonds. The molecule has 0 aliphatic rings. The Bertz CT molecular complexity index is 599. The number of hydrogen-bond acceptors (Lipinski definition) is 2. The van der Waals surface area contributed by atoms with E-state index in [0.29, 0.717) is 0 Å². The number of unbranched alkanes of at least 4 members (excludes halogenated alkanes) is 10. The van der Waals surface area contributed by atoms with Crippen molar-refractivity contribution in [2.45, 2.75) is 104 Å². The van der Waals surface area contributed by atoms with E-state index in [1.54, 1.807) is 12.1 Å². The monoisotopic (exact) mass is 618 g/mol. The molecule has 0 aromatic heterocycles. The quantitative estimate of drug-likeness (QED) is 0.170. The standard InChI is InChI=1S/2C14H22O.Pb/c2*1-2-3-4-5-6-7-10-13-11-8-9-12-14(13)15;/h2*8-9,11-12,15H,2-7,10H2,1H3;/p-2. The molecular weight excluding hydrogens is 576 g/mol. The van der Waals surface area contributed by atoms with Gasteiger partial charge in [0.2, 0.25) is 0 Å². The molecule has 0 unspecified atom stereocenters. The van der Waals surface area contributed by atoms with Crippen molar-refractivity contribution in [3.8, 4) is 11.5 Å². The number of rotatable bonds is 14. The van der Waals surface area contributed by atoms with Gasteiger partial charge in [0, 0.05) is 27.3 Å². The van der Waals surface area contributed by atoms with Crippen LogP contribution >= 0.6 is 0 Å². The first kappa shape index (κ1) is 30.0. The summed E-state index contributed by atoms with van der Waals surface area (Å²) in [5.41, 5.74) is 1.96. The van der Waals surface area contributed by atoms with Crippen LogP contribution in [-0.2, 0) is 12.8 Å². The SMILES string of the molecule is CCCCCCCCc1ccccc1[O-].CCCCCCCCc1ccccc1[O-].[Pb]. The van der Waals surface area contributed by atoms with Gasteiger partial charge in [0.25, 0.3) is 0 Å². The molecule has 4 radical (unpaired) electrons. The van der Waals surface area contributed by atoms with E-state index in [2.05, 4.69) is 13.8 Å². The number of hydrogen-bond donors (Lipinski definition) is 0. The van der Waals surface area contributed by atoms with Crippen LogP contribution in [0.2, 0.25) is 0 Å². The maximum Gasteiger partial charge on any atom is 0 e. The fourth-order valence-electron chi connectivity index (χ4n) is 3.61. The largest absolute Gasteiger partial charge is 0.872 e. The summed E-state index contributed by atoms with van der Waals surface area (Å²) >= 11 is 0. The Kier molecular flexibility index (Phi) is 20.1. The predicted octanol–water partition coefficient (Wildman–Crippen LogP) is 6.95. The first-order chi connectivity index (χ1) is 14.7. The van der Waals surface area contributed by atoms with E-state index in [-0.39, 0.29) is 38.8 Å². The van der Waals surface area contributed by atoms with Gasteiger partial charge in [-0.25, -0.2) is 0 Å². The molecular formula is C28H42O2Pb-2. The summed E-state index contributed by atoms with van der Waals surface area (Å²) in [5.74, 6) is 0.400. The fourth-order valence-corrected chi connectivity index (χ4v) is 3.61. The first-order valence-electron chi connectivity index (χ1n) is 12.2. The molecule has 0 N–H and O–H groups in total. The van der Waals surface area contributed by atoms with Crippen molar-refractivity contribution in [2.75, 3.05) is 0 Å². The van der Waals surface area contributed by atoms with Gasteiger partial charge < -0.3 is 10.2 Å². The molecule has 0 atom stereocenters. The summed E-state index contributed by atoms with van der Waals surface area (Å²) in [7, 11) is 0. The van der Waals surface area contributed by atoms with Gasteiger partial charge >= 0.3 is 0 Å². The number of aryl methyl sites for hydroxylation is 2. The Hall–Kier alpha value is -1.04. The molecule has 0 aliphatic heterocycles. The smallest absolute Gasteiger partial charge is 0 e. The van der Waals surface area contributed by atoms with Crippen molar-refractivity contribution < 1.29 is 10.2 Å². The summed E-state index contributed by atoms with van der Waals surface area (Å²) in [4.78, 5) is 0. The van der Waals surface area contributed by atoms with Gasteiger partial charge in [-0.2, -0.15) is 0 Å². The third-order valence-electron chi connectivity index (χ3n) is 5.54. The third-order valence-corrected chi connectivity index (χ3v) is 5.54. The maximum absolute atomic E-state index is 11.4. The Labute approximate surface area is 211 Å². The van der Waals surface area contributed by atoms with Gasteiger partial charge in [-0.1, -0.05) is 138 Å². The van der Waals surface area contributed by atoms with Crippen LogP contribution in [0.1, 0.15) is 102 Å². The topological polar surface area (TPSA) is 46.1 Å². The van der Waals surface area contributed by atoms with Crippen molar-refractivity contribution >= 4 is 27.3 Å². The van der Waals surface area contributed by atoms with Crippen LogP contribution in [0.5, 0.6) is 11.5 Å². The van der Waals surface area contributed by atoms with Gasteiger partial charge in [-0.3, -0.25) is 0 Å². The van der Waals surface area contributed by atoms with E-state index < -0.39 is 0 Å². The van der Waals surface area contributed by atoms with E-state index >= 15 is 0 Å². The minimum Gasteiger partial charge on any atom is -0.872 e. The van der Waals surface area contributed by atoms with Crippen molar-refractivity contribution in [1.29, 1.82) is 0 Å². The second-order valence-corrected chi connectivity index (χ2v) is 8.25. The molecule has 0 saturated heterocycles. The van der Waals surface area contributed by atoms with Crippen LogP contribution in [-0.4, -0.2) is 27.3 Å². The van der Waals surface area contributed by atoms with Gasteiger partial charge in [0.1, 0.15) is 0 Å². The Morgan fingerprint density at radius 1 is 0.484 bits per heavy atom. The number of para-hydroxylation sites is 2. The van der Waals surface area contributed by atoms with Crippen molar-refractivity contribution in [3.05, 3.63) is 59.7 Å². The third kappa shape index (κ3) is 15.4. The van der Waals surface area contributed by atoms with Crippen LogP contribution in [0.3, 0.4) is 0 Å². The molecule has 2 aromatic rings. The molecule has 0 heterocycles. The van der Waals surface area contributed by atoms with Crippen LogP contribution < -0.4 is 10.2 Å². The summed E-state index contributed by atoms with van der Waals surface area (Å²) in [5, 5.41) is 22.8. The summed E-state index contributed by atoms with van der Waals surface area (Å²) in [6.07, 6.45) is 17.3. The molecule has 3 heteroatoms. The minimum absolute atomic E-state index is 0. The normalized spacial score (nSPS) is 10.1. The molecule has 172 valence electrons. The van der Waals surface area contributed by atoms with Crippen LogP contribution in [0.25, 0.3) is 0 Å². The predicted molar refractivity (Wildman–Crippen MR) is 132 cm³/mol. The second kappa shape index (κ2) is 20.8. The van der Waals surface area contributed by atoms with Crippen LogP contribution in [0.4, 0.5) is 0 Å². The average Bonchev–Trinajstić information content (AvgIpc) is 2.76.